The molecule has 0 radical (unpaired) electrons. The molecule has 4 aliphatic rings. The first-order valence-electron chi connectivity index (χ1n) is 10.6. The van der Waals surface area contributed by atoms with Crippen molar-refractivity contribution >= 4 is 17.5 Å². The van der Waals surface area contributed by atoms with Crippen molar-refractivity contribution < 1.29 is 24.9 Å². The molecule has 2 amide bonds. The molecule has 0 aromatic rings. The molecule has 0 saturated heterocycles. The number of carbonyl (C=O) groups excluding carboxylic acids is 2. The second-order valence-electron chi connectivity index (χ2n) is 9.80. The summed E-state index contributed by atoms with van der Waals surface area (Å²) in [5.74, 6) is 0.236. The predicted octanol–water partition coefficient (Wildman–Crippen LogP) is 1.01. The fourth-order valence-corrected chi connectivity index (χ4v) is 7.19. The van der Waals surface area contributed by atoms with Gasteiger partial charge in [-0.05, 0) is 56.1 Å². The van der Waals surface area contributed by atoms with Gasteiger partial charge in [0.2, 0.25) is 0 Å². The van der Waals surface area contributed by atoms with Crippen molar-refractivity contribution in [2.75, 3.05) is 6.61 Å². The molecule has 7 atom stereocenters. The Hall–Kier alpha value is -2.03. The molecule has 8 nitrogen and oxygen atoms in total. The Labute approximate surface area is 175 Å². The monoisotopic (exact) mass is 417 g/mol. The highest BCUT2D eigenvalue weighted by atomic mass is 16.3. The molecule has 3 saturated carbocycles. The van der Waals surface area contributed by atoms with E-state index < -0.39 is 29.8 Å². The molecule has 1 unspecified atom stereocenters. The summed E-state index contributed by atoms with van der Waals surface area (Å²) in [5.41, 5.74) is 5.84. The van der Waals surface area contributed by atoms with Crippen LogP contribution in [0.15, 0.2) is 28.9 Å². The van der Waals surface area contributed by atoms with E-state index in [1.807, 2.05) is 13.0 Å². The van der Waals surface area contributed by atoms with Crippen LogP contribution < -0.4 is 11.2 Å². The molecule has 0 aromatic carbocycles. The van der Waals surface area contributed by atoms with E-state index in [4.69, 9.17) is 5.73 Å². The first-order chi connectivity index (χ1) is 14.1. The number of rotatable bonds is 3. The summed E-state index contributed by atoms with van der Waals surface area (Å²) in [6, 6.07) is -0.869. The van der Waals surface area contributed by atoms with Crippen LogP contribution in [0.3, 0.4) is 0 Å². The number of aliphatic hydroxyl groups excluding tert-OH is 2. The summed E-state index contributed by atoms with van der Waals surface area (Å²) in [7, 11) is 0. The minimum Gasteiger partial charge on any atom is -0.393 e. The predicted molar refractivity (Wildman–Crippen MR) is 110 cm³/mol. The Morgan fingerprint density at radius 1 is 1.37 bits per heavy atom. The van der Waals surface area contributed by atoms with Gasteiger partial charge in [0.15, 0.2) is 5.78 Å². The number of urea groups is 1. The molecule has 0 spiro atoms. The number of hydrogen-bond acceptors (Lipinski definition) is 6. The van der Waals surface area contributed by atoms with E-state index in [1.165, 1.54) is 0 Å². The van der Waals surface area contributed by atoms with E-state index in [0.29, 0.717) is 12.8 Å². The van der Waals surface area contributed by atoms with Crippen LogP contribution in [0.25, 0.3) is 0 Å². The third-order valence-corrected chi connectivity index (χ3v) is 8.58. The number of aliphatic hydroxyl groups is 3. The van der Waals surface area contributed by atoms with Crippen LogP contribution in [0.1, 0.15) is 46.0 Å². The molecule has 0 aromatic heterocycles. The van der Waals surface area contributed by atoms with Gasteiger partial charge in [-0.3, -0.25) is 4.79 Å². The normalized spacial score (nSPS) is 45.3. The number of hydrogen-bond donors (Lipinski definition) is 5. The number of fused-ring (bicyclic) bond motifs is 5. The van der Waals surface area contributed by atoms with Crippen molar-refractivity contribution in [3.05, 3.63) is 23.8 Å². The maximum atomic E-state index is 11.9. The van der Waals surface area contributed by atoms with Gasteiger partial charge in [-0.1, -0.05) is 25.5 Å². The summed E-state index contributed by atoms with van der Waals surface area (Å²) in [4.78, 5) is 23.0. The van der Waals surface area contributed by atoms with Crippen LogP contribution >= 0.6 is 0 Å². The third-order valence-electron chi connectivity index (χ3n) is 8.58. The van der Waals surface area contributed by atoms with Crippen LogP contribution in [0.5, 0.6) is 0 Å². The maximum Gasteiger partial charge on any atom is 0.332 e. The van der Waals surface area contributed by atoms with Crippen LogP contribution in [0, 0.1) is 28.6 Å². The molecular formula is C22H31N3O5. The van der Waals surface area contributed by atoms with Gasteiger partial charge in [0.1, 0.15) is 5.60 Å². The van der Waals surface area contributed by atoms with E-state index in [0.717, 1.165) is 24.8 Å². The van der Waals surface area contributed by atoms with Gasteiger partial charge in [-0.15, -0.1) is 0 Å². The van der Waals surface area contributed by atoms with Crippen molar-refractivity contribution in [3.63, 3.8) is 0 Å². The number of hydrazone groups is 1. The fourth-order valence-electron chi connectivity index (χ4n) is 7.19. The van der Waals surface area contributed by atoms with Gasteiger partial charge in [0.05, 0.1) is 18.4 Å². The zero-order chi connectivity index (χ0) is 21.9. The highest BCUT2D eigenvalue weighted by Crippen LogP contribution is 2.67. The van der Waals surface area contributed by atoms with Gasteiger partial charge in [-0.2, -0.15) is 5.10 Å². The molecule has 0 aliphatic heterocycles. The van der Waals surface area contributed by atoms with Crippen LogP contribution in [0.4, 0.5) is 4.79 Å². The standard InChI is InChI=1S/C22H31N3O5/c1-20-7-5-13(27)9-12(20)3-4-14-15-6-8-22(30,17(11-26)24-25-19(23)29)21(15,2)10-16(28)18(14)20/h5,7,9,14-16,18,26,28,30H,3-4,6,8,10-11H2,1-2H3,(H3,23,25,29)/b24-17+/t14-,15-,16?,18+,20-,21-,22-/m0/s1. The van der Waals surface area contributed by atoms with Crippen LogP contribution in [0.2, 0.25) is 0 Å². The lowest BCUT2D eigenvalue weighted by molar-refractivity contribution is -0.144. The first kappa shape index (κ1) is 21.2. The molecule has 30 heavy (non-hydrogen) atoms. The van der Waals surface area contributed by atoms with E-state index in [9.17, 15) is 24.9 Å². The van der Waals surface area contributed by atoms with Crippen molar-refractivity contribution in [1.82, 2.24) is 5.43 Å². The minimum absolute atomic E-state index is 0.00273. The zero-order valence-electron chi connectivity index (χ0n) is 17.5. The summed E-state index contributed by atoms with van der Waals surface area (Å²) >= 11 is 0. The molecule has 8 heteroatoms. The number of nitrogens with zero attached hydrogens (tertiary/aromatic N) is 1. The Bertz CT molecular complexity index is 867. The summed E-state index contributed by atoms with van der Waals surface area (Å²) in [5, 5.41) is 36.8. The molecule has 6 N–H and O–H groups in total. The molecule has 0 bridgehead atoms. The lowest BCUT2D eigenvalue weighted by Gasteiger charge is -2.59. The lowest BCUT2D eigenvalue weighted by Crippen LogP contribution is -2.62. The topological polar surface area (TPSA) is 145 Å². The summed E-state index contributed by atoms with van der Waals surface area (Å²) < 4.78 is 0. The smallest absolute Gasteiger partial charge is 0.332 e. The Balaban J connectivity index is 1.71. The third kappa shape index (κ3) is 2.81. The number of nitrogens with two attached hydrogens (primary N) is 1. The van der Waals surface area contributed by atoms with Crippen molar-refractivity contribution in [1.29, 1.82) is 0 Å². The first-order valence-corrected chi connectivity index (χ1v) is 10.6. The molecule has 164 valence electrons. The number of amides is 2. The van der Waals surface area contributed by atoms with Crippen LogP contribution in [-0.4, -0.2) is 51.2 Å². The minimum atomic E-state index is -1.45. The fraction of sp³-hybridized carbons (Fsp3) is 0.682. The van der Waals surface area contributed by atoms with Crippen LogP contribution in [-0.2, 0) is 4.79 Å². The van der Waals surface area contributed by atoms with E-state index in [2.05, 4.69) is 17.5 Å². The lowest BCUT2D eigenvalue weighted by atomic mass is 9.46. The number of ketones is 1. The molecule has 4 aliphatic carbocycles. The van der Waals surface area contributed by atoms with Gasteiger partial charge in [0.25, 0.3) is 0 Å². The highest BCUT2D eigenvalue weighted by molar-refractivity contribution is 6.01. The quantitative estimate of drug-likeness (QED) is 0.344. The van der Waals surface area contributed by atoms with Gasteiger partial charge >= 0.3 is 6.03 Å². The summed E-state index contributed by atoms with van der Waals surface area (Å²) in [6.45, 7) is 3.54. The van der Waals surface area contributed by atoms with E-state index in [1.54, 1.807) is 12.2 Å². The van der Waals surface area contributed by atoms with Gasteiger partial charge < -0.3 is 21.1 Å². The average molecular weight is 418 g/mol. The highest BCUT2D eigenvalue weighted by Gasteiger charge is 2.67. The van der Waals surface area contributed by atoms with E-state index in [-0.39, 0.29) is 34.7 Å². The maximum absolute atomic E-state index is 11.9. The van der Waals surface area contributed by atoms with Crippen molar-refractivity contribution in [2.45, 2.75) is 57.7 Å². The SMILES string of the molecule is C[C@]12C=CC(=O)C=C1CC[C@@H]1[C@@H]2C(O)C[C@@]2(C)[C@H]1CC[C@]2(O)/C(CO)=N/NC(N)=O. The second kappa shape index (κ2) is 7.00. The second-order valence-corrected chi connectivity index (χ2v) is 9.80. The van der Waals surface area contributed by atoms with Gasteiger partial charge in [-0.25, -0.2) is 10.2 Å². The largest absolute Gasteiger partial charge is 0.393 e. The van der Waals surface area contributed by atoms with Gasteiger partial charge in [0, 0.05) is 16.7 Å². The number of carbonyl (C=O) groups is 2. The Morgan fingerprint density at radius 3 is 2.77 bits per heavy atom. The Morgan fingerprint density at radius 2 is 2.10 bits per heavy atom. The van der Waals surface area contributed by atoms with Crippen molar-refractivity contribution in [2.24, 2.45) is 39.4 Å². The number of nitrogens with one attached hydrogen (secondary N) is 1. The summed E-state index contributed by atoms with van der Waals surface area (Å²) in [6.07, 6.45) is 7.67. The molecule has 0 heterocycles. The zero-order valence-corrected chi connectivity index (χ0v) is 17.5. The molecule has 4 rings (SSSR count). The molecule has 3 fully saturated rings. The molecular weight excluding hydrogens is 386 g/mol. The average Bonchev–Trinajstić information content (AvgIpc) is 2.93. The number of allylic oxidation sites excluding steroid dienone is 4. The Kier molecular flexibility index (Phi) is 4.95. The van der Waals surface area contributed by atoms with E-state index >= 15 is 0 Å². The van der Waals surface area contributed by atoms with Crippen molar-refractivity contribution in [3.8, 4) is 0 Å². The number of primary amides is 1.